The fourth-order valence-electron chi connectivity index (χ4n) is 1.93. The molecule has 3 rings (SSSR count). The van der Waals surface area contributed by atoms with Crippen LogP contribution in [0.1, 0.15) is 0 Å². The molecule has 0 spiro atoms. The van der Waals surface area contributed by atoms with E-state index in [9.17, 15) is 4.79 Å². The Morgan fingerprint density at radius 3 is 2.84 bits per heavy atom. The van der Waals surface area contributed by atoms with Gasteiger partial charge in [-0.05, 0) is 24.3 Å². The third kappa shape index (κ3) is 5.32. The molecule has 0 radical (unpaired) electrons. The van der Waals surface area contributed by atoms with E-state index in [1.165, 1.54) is 11.8 Å². The standard InChI is InChI=1S/C17H16N4O3S/c22-15(19-9-10-23-14-6-2-1-3-7-14)12-25-17-21-20-16(24-17)13-5-4-8-18-11-13/h1-8,11H,9-10,12H2,(H,19,22). The Hall–Kier alpha value is -2.87. The van der Waals surface area contributed by atoms with Gasteiger partial charge in [-0.2, -0.15) is 0 Å². The number of pyridine rings is 1. The number of carbonyl (C=O) groups is 1. The van der Waals surface area contributed by atoms with E-state index >= 15 is 0 Å². The molecule has 0 saturated carbocycles. The average molecular weight is 356 g/mol. The smallest absolute Gasteiger partial charge is 0.277 e. The molecule has 3 aromatic rings. The molecule has 1 amide bonds. The van der Waals surface area contributed by atoms with E-state index < -0.39 is 0 Å². The van der Waals surface area contributed by atoms with E-state index in [2.05, 4.69) is 20.5 Å². The molecule has 128 valence electrons. The number of ether oxygens (including phenoxy) is 1. The zero-order valence-electron chi connectivity index (χ0n) is 13.3. The van der Waals surface area contributed by atoms with Crippen LogP contribution in [0.15, 0.2) is 64.5 Å². The molecule has 1 aromatic carbocycles. The summed E-state index contributed by atoms with van der Waals surface area (Å²) < 4.78 is 11.0. The van der Waals surface area contributed by atoms with Crippen molar-refractivity contribution in [1.29, 1.82) is 0 Å². The number of carbonyl (C=O) groups excluding carboxylic acids is 1. The zero-order valence-corrected chi connectivity index (χ0v) is 14.1. The van der Waals surface area contributed by atoms with Crippen molar-refractivity contribution in [2.75, 3.05) is 18.9 Å². The summed E-state index contributed by atoms with van der Waals surface area (Å²) in [6.07, 6.45) is 3.31. The van der Waals surface area contributed by atoms with Crippen molar-refractivity contribution < 1.29 is 13.9 Å². The molecule has 8 heteroatoms. The van der Waals surface area contributed by atoms with Crippen LogP contribution in [0.2, 0.25) is 0 Å². The predicted octanol–water partition coefficient (Wildman–Crippen LogP) is 2.42. The van der Waals surface area contributed by atoms with E-state index in [4.69, 9.17) is 9.15 Å². The van der Waals surface area contributed by atoms with Gasteiger partial charge in [0.25, 0.3) is 5.22 Å². The molecule has 2 heterocycles. The van der Waals surface area contributed by atoms with Gasteiger partial charge >= 0.3 is 0 Å². The van der Waals surface area contributed by atoms with Crippen molar-refractivity contribution in [3.63, 3.8) is 0 Å². The molecule has 0 saturated heterocycles. The first-order valence-electron chi connectivity index (χ1n) is 7.62. The van der Waals surface area contributed by atoms with Crippen molar-refractivity contribution in [3.05, 3.63) is 54.9 Å². The Labute approximate surface area is 148 Å². The van der Waals surface area contributed by atoms with Crippen LogP contribution in [-0.2, 0) is 4.79 Å². The van der Waals surface area contributed by atoms with Gasteiger partial charge in [0.05, 0.1) is 17.9 Å². The van der Waals surface area contributed by atoms with E-state index in [0.29, 0.717) is 24.3 Å². The van der Waals surface area contributed by atoms with Crippen molar-refractivity contribution in [2.24, 2.45) is 0 Å². The van der Waals surface area contributed by atoms with Crippen LogP contribution in [0.25, 0.3) is 11.5 Å². The van der Waals surface area contributed by atoms with E-state index in [0.717, 1.165) is 11.3 Å². The minimum atomic E-state index is -0.122. The lowest BCUT2D eigenvalue weighted by Gasteiger charge is -2.06. The van der Waals surface area contributed by atoms with Gasteiger partial charge in [0.2, 0.25) is 11.8 Å². The largest absolute Gasteiger partial charge is 0.492 e. The second-order valence-electron chi connectivity index (χ2n) is 4.91. The van der Waals surface area contributed by atoms with Crippen LogP contribution in [-0.4, -0.2) is 40.0 Å². The highest BCUT2D eigenvalue weighted by Gasteiger charge is 2.11. The maximum atomic E-state index is 11.8. The SMILES string of the molecule is O=C(CSc1nnc(-c2cccnc2)o1)NCCOc1ccccc1. The summed E-state index contributed by atoms with van der Waals surface area (Å²) in [5, 5.41) is 11.0. The summed E-state index contributed by atoms with van der Waals surface area (Å²) in [5.74, 6) is 1.23. The van der Waals surface area contributed by atoms with E-state index in [1.807, 2.05) is 36.4 Å². The third-order valence-electron chi connectivity index (χ3n) is 3.08. The topological polar surface area (TPSA) is 90.1 Å². The summed E-state index contributed by atoms with van der Waals surface area (Å²) in [6, 6.07) is 13.1. The van der Waals surface area contributed by atoms with Gasteiger partial charge in [0.1, 0.15) is 12.4 Å². The predicted molar refractivity (Wildman–Crippen MR) is 93.2 cm³/mol. The van der Waals surface area contributed by atoms with Crippen LogP contribution in [0.5, 0.6) is 5.75 Å². The van der Waals surface area contributed by atoms with Crippen LogP contribution >= 0.6 is 11.8 Å². The minimum Gasteiger partial charge on any atom is -0.492 e. The second-order valence-corrected chi connectivity index (χ2v) is 5.84. The number of nitrogens with one attached hydrogen (secondary N) is 1. The quantitative estimate of drug-likeness (QED) is 0.489. The molecule has 0 aliphatic heterocycles. The van der Waals surface area contributed by atoms with Gasteiger partial charge in [0.15, 0.2) is 0 Å². The van der Waals surface area contributed by atoms with Gasteiger partial charge < -0.3 is 14.5 Å². The molecule has 0 atom stereocenters. The lowest BCUT2D eigenvalue weighted by molar-refractivity contribution is -0.118. The molecule has 2 aromatic heterocycles. The molecule has 0 bridgehead atoms. The number of nitrogens with zero attached hydrogens (tertiary/aromatic N) is 3. The number of amides is 1. The van der Waals surface area contributed by atoms with Gasteiger partial charge in [-0.25, -0.2) is 0 Å². The molecular weight excluding hydrogens is 340 g/mol. The molecule has 25 heavy (non-hydrogen) atoms. The van der Waals surface area contributed by atoms with Crippen molar-refractivity contribution in [2.45, 2.75) is 5.22 Å². The van der Waals surface area contributed by atoms with Crippen molar-refractivity contribution in [3.8, 4) is 17.2 Å². The Kier molecular flexibility index (Phi) is 6.00. The van der Waals surface area contributed by atoms with Crippen LogP contribution < -0.4 is 10.1 Å². The van der Waals surface area contributed by atoms with Gasteiger partial charge in [-0.1, -0.05) is 30.0 Å². The molecule has 0 aliphatic rings. The molecular formula is C17H16N4O3S. The van der Waals surface area contributed by atoms with Gasteiger partial charge in [0, 0.05) is 12.4 Å². The minimum absolute atomic E-state index is 0.122. The maximum Gasteiger partial charge on any atom is 0.277 e. The number of hydrogen-bond acceptors (Lipinski definition) is 7. The number of thioether (sulfide) groups is 1. The van der Waals surface area contributed by atoms with Gasteiger partial charge in [-0.3, -0.25) is 9.78 Å². The maximum absolute atomic E-state index is 11.8. The summed E-state index contributed by atoms with van der Waals surface area (Å²) in [4.78, 5) is 15.8. The Bertz CT molecular complexity index is 796. The molecule has 0 fully saturated rings. The normalized spacial score (nSPS) is 10.4. The van der Waals surface area contributed by atoms with Crippen LogP contribution in [0.3, 0.4) is 0 Å². The zero-order chi connectivity index (χ0) is 17.3. The number of benzene rings is 1. The highest BCUT2D eigenvalue weighted by atomic mass is 32.2. The Balaban J connectivity index is 1.37. The number of aromatic nitrogens is 3. The molecule has 1 N–H and O–H groups in total. The summed E-state index contributed by atoms with van der Waals surface area (Å²) in [5.41, 5.74) is 0.740. The monoisotopic (exact) mass is 356 g/mol. The first kappa shape index (κ1) is 17.0. The fourth-order valence-corrected chi connectivity index (χ4v) is 2.52. The number of hydrogen-bond donors (Lipinski definition) is 1. The second kappa shape index (κ2) is 8.84. The lowest BCUT2D eigenvalue weighted by Crippen LogP contribution is -2.29. The first-order valence-corrected chi connectivity index (χ1v) is 8.61. The average Bonchev–Trinajstić information content (AvgIpc) is 3.14. The highest BCUT2D eigenvalue weighted by Crippen LogP contribution is 2.22. The van der Waals surface area contributed by atoms with Crippen molar-refractivity contribution in [1.82, 2.24) is 20.5 Å². The summed E-state index contributed by atoms with van der Waals surface area (Å²) >= 11 is 1.18. The van der Waals surface area contributed by atoms with Crippen LogP contribution in [0, 0.1) is 0 Å². The molecule has 7 nitrogen and oxygen atoms in total. The third-order valence-corrected chi connectivity index (χ3v) is 3.90. The Morgan fingerprint density at radius 2 is 2.04 bits per heavy atom. The van der Waals surface area contributed by atoms with E-state index in [-0.39, 0.29) is 11.7 Å². The summed E-state index contributed by atoms with van der Waals surface area (Å²) in [7, 11) is 0. The Morgan fingerprint density at radius 1 is 1.16 bits per heavy atom. The molecule has 0 aliphatic carbocycles. The first-order chi connectivity index (χ1) is 12.3. The molecule has 0 unspecified atom stereocenters. The van der Waals surface area contributed by atoms with Gasteiger partial charge in [-0.15, -0.1) is 10.2 Å². The number of rotatable bonds is 8. The summed E-state index contributed by atoms with van der Waals surface area (Å²) in [6.45, 7) is 0.838. The van der Waals surface area contributed by atoms with Crippen LogP contribution in [0.4, 0.5) is 0 Å². The highest BCUT2D eigenvalue weighted by molar-refractivity contribution is 7.99. The fraction of sp³-hybridized carbons (Fsp3) is 0.176. The van der Waals surface area contributed by atoms with Crippen molar-refractivity contribution >= 4 is 17.7 Å². The number of para-hydroxylation sites is 1. The lowest BCUT2D eigenvalue weighted by atomic mass is 10.3. The van der Waals surface area contributed by atoms with E-state index in [1.54, 1.807) is 18.5 Å².